The van der Waals surface area contributed by atoms with Crippen LogP contribution in [0.5, 0.6) is 0 Å². The van der Waals surface area contributed by atoms with Gasteiger partial charge in [0.25, 0.3) is 0 Å². The average Bonchev–Trinajstić information content (AvgIpc) is 3.11. The lowest BCUT2D eigenvalue weighted by molar-refractivity contribution is -0.119. The Kier molecular flexibility index (Phi) is 5.08. The molecule has 1 aromatic carbocycles. The Morgan fingerprint density at radius 1 is 1.24 bits per heavy atom. The molecule has 3 N–H and O–H groups in total. The fraction of sp³-hybridized carbons (Fsp3) is 0.294. The number of nitrogens with zero attached hydrogens (tertiary/aromatic N) is 3. The molecule has 2 aromatic rings. The Morgan fingerprint density at radius 2 is 2.04 bits per heavy atom. The Bertz CT molecular complexity index is 753. The summed E-state index contributed by atoms with van der Waals surface area (Å²) in [5, 5.41) is 13.9. The first-order chi connectivity index (χ1) is 12.1. The van der Waals surface area contributed by atoms with Gasteiger partial charge < -0.3 is 20.6 Å². The van der Waals surface area contributed by atoms with Crippen LogP contribution in [-0.2, 0) is 11.3 Å². The maximum Gasteiger partial charge on any atom is 0.404 e. The molecule has 130 valence electrons. The number of rotatable bonds is 5. The Balaban J connectivity index is 1.59. The van der Waals surface area contributed by atoms with Gasteiger partial charge in [-0.05, 0) is 18.6 Å². The highest BCUT2D eigenvalue weighted by Crippen LogP contribution is 2.23. The van der Waals surface area contributed by atoms with E-state index in [-0.39, 0.29) is 18.4 Å². The van der Waals surface area contributed by atoms with Gasteiger partial charge in [0.15, 0.2) is 0 Å². The van der Waals surface area contributed by atoms with Crippen molar-refractivity contribution in [1.82, 2.24) is 15.3 Å². The lowest BCUT2D eigenvalue weighted by Gasteiger charge is -2.17. The minimum atomic E-state index is -1.10. The van der Waals surface area contributed by atoms with E-state index in [1.165, 1.54) is 6.33 Å². The van der Waals surface area contributed by atoms with Gasteiger partial charge in [-0.15, -0.1) is 0 Å². The lowest BCUT2D eigenvalue weighted by atomic mass is 10.1. The zero-order valence-electron chi connectivity index (χ0n) is 13.6. The van der Waals surface area contributed by atoms with E-state index in [0.717, 1.165) is 18.7 Å². The van der Waals surface area contributed by atoms with Crippen LogP contribution in [0.3, 0.4) is 0 Å². The highest BCUT2D eigenvalue weighted by atomic mass is 16.4. The van der Waals surface area contributed by atoms with Crippen molar-refractivity contribution in [2.45, 2.75) is 13.0 Å². The predicted octanol–water partition coefficient (Wildman–Crippen LogP) is 1.71. The molecular weight excluding hydrogens is 322 g/mol. The molecule has 2 amide bonds. The Labute approximate surface area is 144 Å². The first kappa shape index (κ1) is 16.7. The maximum atomic E-state index is 12.4. The van der Waals surface area contributed by atoms with Gasteiger partial charge in [-0.25, -0.2) is 14.8 Å². The topological polar surface area (TPSA) is 107 Å². The van der Waals surface area contributed by atoms with Crippen molar-refractivity contribution in [1.29, 1.82) is 0 Å². The predicted molar refractivity (Wildman–Crippen MR) is 92.3 cm³/mol. The number of carboxylic acid groups (broad SMARTS) is 1. The number of anilines is 2. The van der Waals surface area contributed by atoms with Gasteiger partial charge in [-0.3, -0.25) is 4.79 Å². The fourth-order valence-electron chi connectivity index (χ4n) is 2.77. The van der Waals surface area contributed by atoms with Crippen LogP contribution in [0.2, 0.25) is 0 Å². The normalized spacial score (nSPS) is 16.5. The second-order valence-corrected chi connectivity index (χ2v) is 5.81. The molecule has 1 aliphatic heterocycles. The van der Waals surface area contributed by atoms with Gasteiger partial charge in [-0.1, -0.05) is 18.2 Å². The molecule has 0 aliphatic carbocycles. The van der Waals surface area contributed by atoms with Crippen LogP contribution in [0.1, 0.15) is 12.1 Å². The summed E-state index contributed by atoms with van der Waals surface area (Å²) in [6.07, 6.45) is 1.05. The SMILES string of the molecule is O=C(O)NCc1cc(N2CCC(C(=O)Nc3ccccc3)C2)ncn1. The molecule has 1 fully saturated rings. The second kappa shape index (κ2) is 7.61. The number of hydrogen-bond donors (Lipinski definition) is 3. The van der Waals surface area contributed by atoms with Crippen LogP contribution in [0.15, 0.2) is 42.7 Å². The summed E-state index contributed by atoms with van der Waals surface area (Å²) >= 11 is 0. The monoisotopic (exact) mass is 341 g/mol. The molecule has 2 heterocycles. The molecule has 1 saturated heterocycles. The third-order valence-electron chi connectivity index (χ3n) is 4.05. The molecule has 1 unspecified atom stereocenters. The molecule has 3 rings (SSSR count). The Hall–Kier alpha value is -3.16. The summed E-state index contributed by atoms with van der Waals surface area (Å²) < 4.78 is 0. The minimum Gasteiger partial charge on any atom is -0.465 e. The third-order valence-corrected chi connectivity index (χ3v) is 4.05. The number of aromatic nitrogens is 2. The van der Waals surface area contributed by atoms with E-state index in [0.29, 0.717) is 18.1 Å². The molecule has 1 aromatic heterocycles. The second-order valence-electron chi connectivity index (χ2n) is 5.81. The van der Waals surface area contributed by atoms with Crippen molar-refractivity contribution in [3.05, 3.63) is 48.4 Å². The van der Waals surface area contributed by atoms with Crippen molar-refractivity contribution in [2.75, 3.05) is 23.3 Å². The van der Waals surface area contributed by atoms with Crippen LogP contribution in [0, 0.1) is 5.92 Å². The van der Waals surface area contributed by atoms with Crippen molar-refractivity contribution in [3.8, 4) is 0 Å². The summed E-state index contributed by atoms with van der Waals surface area (Å²) in [4.78, 5) is 33.3. The molecule has 1 atom stereocenters. The van der Waals surface area contributed by atoms with Crippen molar-refractivity contribution >= 4 is 23.5 Å². The number of hydrogen-bond acceptors (Lipinski definition) is 5. The number of para-hydroxylation sites is 1. The zero-order valence-corrected chi connectivity index (χ0v) is 13.6. The minimum absolute atomic E-state index is 0.00414. The molecule has 0 bridgehead atoms. The summed E-state index contributed by atoms with van der Waals surface area (Å²) in [6, 6.07) is 11.1. The molecular formula is C17H19N5O3. The van der Waals surface area contributed by atoms with Crippen LogP contribution < -0.4 is 15.5 Å². The van der Waals surface area contributed by atoms with Gasteiger partial charge in [0, 0.05) is 24.8 Å². The lowest BCUT2D eigenvalue weighted by Crippen LogP contribution is -2.27. The standard InChI is InChI=1S/C17H19N5O3/c23-16(21-13-4-2-1-3-5-13)12-6-7-22(10-12)15-8-14(19-11-20-15)9-18-17(24)25/h1-5,8,11-12,18H,6-7,9-10H2,(H,21,23)(H,24,25). The van der Waals surface area contributed by atoms with Crippen molar-refractivity contribution in [2.24, 2.45) is 5.92 Å². The van der Waals surface area contributed by atoms with Crippen LogP contribution in [0.4, 0.5) is 16.3 Å². The average molecular weight is 341 g/mol. The van der Waals surface area contributed by atoms with E-state index in [4.69, 9.17) is 5.11 Å². The van der Waals surface area contributed by atoms with Gasteiger partial charge in [0.05, 0.1) is 18.2 Å². The van der Waals surface area contributed by atoms with Gasteiger partial charge in [-0.2, -0.15) is 0 Å². The maximum absolute atomic E-state index is 12.4. The van der Waals surface area contributed by atoms with Crippen molar-refractivity contribution in [3.63, 3.8) is 0 Å². The van der Waals surface area contributed by atoms with E-state index in [2.05, 4.69) is 20.6 Å². The van der Waals surface area contributed by atoms with E-state index in [9.17, 15) is 9.59 Å². The largest absolute Gasteiger partial charge is 0.465 e. The van der Waals surface area contributed by atoms with E-state index >= 15 is 0 Å². The molecule has 1 aliphatic rings. The third kappa shape index (κ3) is 4.43. The number of benzene rings is 1. The van der Waals surface area contributed by atoms with E-state index in [1.54, 1.807) is 6.07 Å². The first-order valence-corrected chi connectivity index (χ1v) is 8.00. The molecule has 0 saturated carbocycles. The number of carbonyl (C=O) groups is 2. The molecule has 0 spiro atoms. The van der Waals surface area contributed by atoms with Gasteiger partial charge in [0.1, 0.15) is 12.1 Å². The number of carbonyl (C=O) groups excluding carboxylic acids is 1. The van der Waals surface area contributed by atoms with Crippen LogP contribution in [0.25, 0.3) is 0 Å². The molecule has 8 nitrogen and oxygen atoms in total. The van der Waals surface area contributed by atoms with Crippen LogP contribution in [-0.4, -0.2) is 40.2 Å². The van der Waals surface area contributed by atoms with Gasteiger partial charge >= 0.3 is 6.09 Å². The molecule has 8 heteroatoms. The highest BCUT2D eigenvalue weighted by Gasteiger charge is 2.29. The Morgan fingerprint density at radius 3 is 2.80 bits per heavy atom. The summed E-state index contributed by atoms with van der Waals surface area (Å²) in [5.41, 5.74) is 1.37. The van der Waals surface area contributed by atoms with E-state index in [1.807, 2.05) is 35.2 Å². The fourth-order valence-corrected chi connectivity index (χ4v) is 2.77. The smallest absolute Gasteiger partial charge is 0.404 e. The first-order valence-electron chi connectivity index (χ1n) is 8.00. The van der Waals surface area contributed by atoms with Crippen LogP contribution >= 0.6 is 0 Å². The summed E-state index contributed by atoms with van der Waals surface area (Å²) in [5.74, 6) is 0.582. The van der Waals surface area contributed by atoms with E-state index < -0.39 is 6.09 Å². The summed E-state index contributed by atoms with van der Waals surface area (Å²) in [6.45, 7) is 1.41. The molecule has 25 heavy (non-hydrogen) atoms. The van der Waals surface area contributed by atoms with Crippen molar-refractivity contribution < 1.29 is 14.7 Å². The number of nitrogens with one attached hydrogen (secondary N) is 2. The zero-order chi connectivity index (χ0) is 17.6. The molecule has 0 radical (unpaired) electrons. The number of amides is 2. The quantitative estimate of drug-likeness (QED) is 0.764. The highest BCUT2D eigenvalue weighted by molar-refractivity contribution is 5.93. The summed E-state index contributed by atoms with van der Waals surface area (Å²) in [7, 11) is 0. The van der Waals surface area contributed by atoms with Gasteiger partial charge in [0.2, 0.25) is 5.91 Å².